The van der Waals surface area contributed by atoms with E-state index >= 15 is 0 Å². The summed E-state index contributed by atoms with van der Waals surface area (Å²) in [5, 5.41) is 11.5. The van der Waals surface area contributed by atoms with Gasteiger partial charge in [0.1, 0.15) is 0 Å². The minimum Gasteiger partial charge on any atom is -0.350 e. The molecule has 0 spiro atoms. The van der Waals surface area contributed by atoms with E-state index in [1.54, 1.807) is 11.3 Å². The maximum absolute atomic E-state index is 12.1. The van der Waals surface area contributed by atoms with Crippen LogP contribution in [-0.4, -0.2) is 21.1 Å². The molecule has 0 unspecified atom stereocenters. The largest absolute Gasteiger partial charge is 0.350 e. The summed E-state index contributed by atoms with van der Waals surface area (Å²) in [6.45, 7) is 4.44. The first-order valence-electron chi connectivity index (χ1n) is 7.88. The molecular formula is C16H22N4OS. The van der Waals surface area contributed by atoms with E-state index in [1.807, 2.05) is 13.8 Å². The monoisotopic (exact) mass is 318 g/mol. The van der Waals surface area contributed by atoms with E-state index in [0.717, 1.165) is 34.1 Å². The summed E-state index contributed by atoms with van der Waals surface area (Å²) in [7, 11) is 0. The number of thiazole rings is 1. The van der Waals surface area contributed by atoms with Gasteiger partial charge in [-0.2, -0.15) is 5.10 Å². The average Bonchev–Trinajstić information content (AvgIpc) is 2.90. The molecule has 1 aliphatic rings. The summed E-state index contributed by atoms with van der Waals surface area (Å²) >= 11 is 1.60. The molecule has 0 aromatic carbocycles. The Hall–Kier alpha value is -1.69. The molecule has 0 saturated carbocycles. The number of H-pyrrole nitrogens is 1. The van der Waals surface area contributed by atoms with Crippen LogP contribution in [0, 0.1) is 13.8 Å². The molecule has 1 aliphatic carbocycles. The fraction of sp³-hybridized carbons (Fsp3) is 0.562. The zero-order chi connectivity index (χ0) is 15.5. The van der Waals surface area contributed by atoms with Crippen molar-refractivity contribution < 1.29 is 4.79 Å². The van der Waals surface area contributed by atoms with E-state index < -0.39 is 0 Å². The van der Waals surface area contributed by atoms with Gasteiger partial charge in [0.2, 0.25) is 5.91 Å². The molecule has 0 aliphatic heterocycles. The number of hydrogen-bond acceptors (Lipinski definition) is 4. The Balaban J connectivity index is 1.59. The van der Waals surface area contributed by atoms with Gasteiger partial charge < -0.3 is 5.32 Å². The fourth-order valence-electron chi connectivity index (χ4n) is 3.00. The first kappa shape index (κ1) is 15.2. The number of rotatable bonds is 4. The molecule has 2 aromatic rings. The lowest BCUT2D eigenvalue weighted by Crippen LogP contribution is -2.25. The first-order chi connectivity index (χ1) is 10.6. The predicted octanol–water partition coefficient (Wildman–Crippen LogP) is 2.61. The van der Waals surface area contributed by atoms with E-state index in [4.69, 9.17) is 0 Å². The minimum absolute atomic E-state index is 0.0390. The number of aromatic nitrogens is 3. The van der Waals surface area contributed by atoms with Gasteiger partial charge in [0.05, 0.1) is 29.4 Å². The van der Waals surface area contributed by atoms with Crippen molar-refractivity contribution in [2.45, 2.75) is 58.9 Å². The maximum Gasteiger partial charge on any atom is 0.225 e. The topological polar surface area (TPSA) is 70.7 Å². The van der Waals surface area contributed by atoms with Crippen LogP contribution in [0.2, 0.25) is 0 Å². The van der Waals surface area contributed by atoms with Crippen LogP contribution in [0.1, 0.15) is 51.8 Å². The Morgan fingerprint density at radius 3 is 2.86 bits per heavy atom. The van der Waals surface area contributed by atoms with Crippen LogP contribution >= 0.6 is 11.3 Å². The molecule has 5 nitrogen and oxygen atoms in total. The van der Waals surface area contributed by atoms with Gasteiger partial charge in [0.15, 0.2) is 0 Å². The highest BCUT2D eigenvalue weighted by molar-refractivity contribution is 7.11. The lowest BCUT2D eigenvalue weighted by atomic mass is 10.1. The summed E-state index contributed by atoms with van der Waals surface area (Å²) in [6.07, 6.45) is 6.28. The van der Waals surface area contributed by atoms with Crippen LogP contribution < -0.4 is 5.32 Å². The van der Waals surface area contributed by atoms with Crippen LogP contribution in [0.15, 0.2) is 0 Å². The molecule has 3 rings (SSSR count). The summed E-state index contributed by atoms with van der Waals surface area (Å²) in [6, 6.07) is 0. The predicted molar refractivity (Wildman–Crippen MR) is 87.0 cm³/mol. The highest BCUT2D eigenvalue weighted by Gasteiger charge is 2.16. The van der Waals surface area contributed by atoms with Gasteiger partial charge in [0.25, 0.3) is 0 Å². The lowest BCUT2D eigenvalue weighted by Gasteiger charge is -2.05. The third-order valence-corrected chi connectivity index (χ3v) is 5.24. The number of carbonyl (C=O) groups excluding carboxylic acids is 1. The SMILES string of the molecule is Cc1nc(C)c(CC(=O)NCc2n[nH]c3c2CCCCC3)s1. The maximum atomic E-state index is 12.1. The van der Waals surface area contributed by atoms with Crippen molar-refractivity contribution in [2.24, 2.45) is 0 Å². The number of carbonyl (C=O) groups is 1. The molecule has 2 aromatic heterocycles. The number of amides is 1. The number of aryl methyl sites for hydroxylation is 3. The molecule has 0 radical (unpaired) electrons. The molecule has 1 amide bonds. The molecule has 118 valence electrons. The van der Waals surface area contributed by atoms with Gasteiger partial charge >= 0.3 is 0 Å². The Kier molecular flexibility index (Phi) is 4.57. The number of aromatic amines is 1. The molecule has 22 heavy (non-hydrogen) atoms. The van der Waals surface area contributed by atoms with E-state index in [9.17, 15) is 4.79 Å². The van der Waals surface area contributed by atoms with Crippen LogP contribution in [0.4, 0.5) is 0 Å². The number of hydrogen-bond donors (Lipinski definition) is 2. The van der Waals surface area contributed by atoms with Crippen molar-refractivity contribution in [3.63, 3.8) is 0 Å². The zero-order valence-corrected chi connectivity index (χ0v) is 14.0. The van der Waals surface area contributed by atoms with Gasteiger partial charge in [-0.15, -0.1) is 11.3 Å². The molecular weight excluding hydrogens is 296 g/mol. The molecule has 2 N–H and O–H groups in total. The summed E-state index contributed by atoms with van der Waals surface area (Å²) in [4.78, 5) is 17.6. The molecule has 0 saturated heterocycles. The Labute approximate surface area is 134 Å². The molecule has 6 heteroatoms. The standard InChI is InChI=1S/C16H22N4OS/c1-10-15(22-11(2)18-10)8-16(21)17-9-14-12-6-4-3-5-7-13(12)19-20-14/h3-9H2,1-2H3,(H,17,21)(H,19,20). The highest BCUT2D eigenvalue weighted by atomic mass is 32.1. The Morgan fingerprint density at radius 2 is 2.09 bits per heavy atom. The van der Waals surface area contributed by atoms with Crippen LogP contribution in [0.5, 0.6) is 0 Å². The van der Waals surface area contributed by atoms with E-state index in [1.165, 1.54) is 30.5 Å². The van der Waals surface area contributed by atoms with E-state index in [-0.39, 0.29) is 5.91 Å². The van der Waals surface area contributed by atoms with Gasteiger partial charge in [-0.05, 0) is 45.1 Å². The van der Waals surface area contributed by atoms with E-state index in [0.29, 0.717) is 13.0 Å². The van der Waals surface area contributed by atoms with Crippen molar-refractivity contribution in [3.8, 4) is 0 Å². The summed E-state index contributed by atoms with van der Waals surface area (Å²) in [5.74, 6) is 0.0390. The van der Waals surface area contributed by atoms with Crippen molar-refractivity contribution in [1.29, 1.82) is 0 Å². The third-order valence-electron chi connectivity index (χ3n) is 4.17. The quantitative estimate of drug-likeness (QED) is 0.851. The Bertz CT molecular complexity index is 674. The fourth-order valence-corrected chi connectivity index (χ4v) is 3.94. The second-order valence-corrected chi connectivity index (χ2v) is 7.17. The second kappa shape index (κ2) is 6.60. The number of fused-ring (bicyclic) bond motifs is 1. The Morgan fingerprint density at radius 1 is 1.27 bits per heavy atom. The van der Waals surface area contributed by atoms with Gasteiger partial charge in [0, 0.05) is 10.6 Å². The number of nitrogens with zero attached hydrogens (tertiary/aromatic N) is 2. The van der Waals surface area contributed by atoms with Crippen molar-refractivity contribution >= 4 is 17.2 Å². The van der Waals surface area contributed by atoms with Crippen LogP contribution in [-0.2, 0) is 30.6 Å². The zero-order valence-electron chi connectivity index (χ0n) is 13.2. The normalized spacial score (nSPS) is 14.5. The second-order valence-electron chi connectivity index (χ2n) is 5.88. The van der Waals surface area contributed by atoms with Crippen molar-refractivity contribution in [3.05, 3.63) is 32.5 Å². The number of nitrogens with one attached hydrogen (secondary N) is 2. The lowest BCUT2D eigenvalue weighted by molar-refractivity contribution is -0.120. The molecule has 2 heterocycles. The highest BCUT2D eigenvalue weighted by Crippen LogP contribution is 2.22. The van der Waals surface area contributed by atoms with Gasteiger partial charge in [-0.25, -0.2) is 4.98 Å². The summed E-state index contributed by atoms with van der Waals surface area (Å²) < 4.78 is 0. The van der Waals surface area contributed by atoms with Gasteiger partial charge in [-0.1, -0.05) is 6.42 Å². The van der Waals surface area contributed by atoms with Crippen molar-refractivity contribution in [1.82, 2.24) is 20.5 Å². The molecule has 0 fully saturated rings. The smallest absolute Gasteiger partial charge is 0.225 e. The van der Waals surface area contributed by atoms with Crippen molar-refractivity contribution in [2.75, 3.05) is 0 Å². The molecule has 0 bridgehead atoms. The van der Waals surface area contributed by atoms with Gasteiger partial charge in [-0.3, -0.25) is 9.89 Å². The van der Waals surface area contributed by atoms with Crippen LogP contribution in [0.25, 0.3) is 0 Å². The third kappa shape index (κ3) is 3.38. The molecule has 0 atom stereocenters. The van der Waals surface area contributed by atoms with E-state index in [2.05, 4.69) is 20.5 Å². The summed E-state index contributed by atoms with van der Waals surface area (Å²) in [5.41, 5.74) is 4.55. The average molecular weight is 318 g/mol. The van der Waals surface area contributed by atoms with Crippen LogP contribution in [0.3, 0.4) is 0 Å². The minimum atomic E-state index is 0.0390. The first-order valence-corrected chi connectivity index (χ1v) is 8.69.